The molecule has 1 heterocycles. The second-order valence-electron chi connectivity index (χ2n) is 11.0. The van der Waals surface area contributed by atoms with Crippen LogP contribution < -0.4 is 15.4 Å². The molecule has 9 nitrogen and oxygen atoms in total. The molecule has 2 aromatic rings. The molecule has 1 fully saturated rings. The normalized spacial score (nSPS) is 18.1. The summed E-state index contributed by atoms with van der Waals surface area (Å²) in [6, 6.07) is 14.8. The van der Waals surface area contributed by atoms with Crippen molar-refractivity contribution < 1.29 is 29.0 Å². The summed E-state index contributed by atoms with van der Waals surface area (Å²) in [4.78, 5) is 41.1. The molecule has 0 spiro atoms. The van der Waals surface area contributed by atoms with Crippen LogP contribution in [0.15, 0.2) is 54.6 Å². The van der Waals surface area contributed by atoms with E-state index in [9.17, 15) is 19.5 Å². The van der Waals surface area contributed by atoms with Gasteiger partial charge >= 0.3 is 6.09 Å². The van der Waals surface area contributed by atoms with Crippen LogP contribution in [-0.2, 0) is 27.3 Å². The Morgan fingerprint density at radius 1 is 1.10 bits per heavy atom. The molecule has 3 atom stereocenters. The molecule has 1 saturated heterocycles. The third-order valence-corrected chi connectivity index (χ3v) is 7.69. The smallest absolute Gasteiger partial charge is 0.407 e. The second kappa shape index (κ2) is 12.7. The molecule has 0 aliphatic carbocycles. The van der Waals surface area contributed by atoms with Crippen LogP contribution in [0.5, 0.6) is 5.75 Å². The molecule has 0 radical (unpaired) electrons. The predicted molar refractivity (Wildman–Crippen MR) is 151 cm³/mol. The van der Waals surface area contributed by atoms with Crippen LogP contribution >= 0.6 is 11.8 Å². The van der Waals surface area contributed by atoms with Crippen LogP contribution in [0.2, 0.25) is 0 Å². The number of carbonyl (C=O) groups is 3. The first-order valence-electron chi connectivity index (χ1n) is 12.9. The number of rotatable bonds is 9. The van der Waals surface area contributed by atoms with Crippen molar-refractivity contribution in [1.82, 2.24) is 15.5 Å². The van der Waals surface area contributed by atoms with Crippen molar-refractivity contribution in [2.75, 3.05) is 13.0 Å². The van der Waals surface area contributed by atoms with E-state index in [4.69, 9.17) is 9.47 Å². The van der Waals surface area contributed by atoms with E-state index in [2.05, 4.69) is 10.6 Å². The molecule has 0 aromatic heterocycles. The molecule has 0 saturated carbocycles. The van der Waals surface area contributed by atoms with E-state index in [-0.39, 0.29) is 24.7 Å². The zero-order valence-electron chi connectivity index (χ0n) is 23.4. The Balaban J connectivity index is 1.78. The number of benzene rings is 2. The number of carbonyl (C=O) groups excluding carboxylic acids is 3. The molecular weight excluding hydrogens is 518 g/mol. The Labute approximate surface area is 234 Å². The van der Waals surface area contributed by atoms with Gasteiger partial charge in [0.15, 0.2) is 6.10 Å². The zero-order valence-corrected chi connectivity index (χ0v) is 24.2. The van der Waals surface area contributed by atoms with Crippen LogP contribution in [0.25, 0.3) is 0 Å². The second-order valence-corrected chi connectivity index (χ2v) is 12.6. The van der Waals surface area contributed by atoms with Crippen molar-refractivity contribution in [1.29, 1.82) is 0 Å². The minimum absolute atomic E-state index is 0.198. The molecule has 10 heteroatoms. The van der Waals surface area contributed by atoms with E-state index in [1.54, 1.807) is 27.9 Å². The van der Waals surface area contributed by atoms with E-state index in [1.807, 2.05) is 68.4 Å². The Bertz CT molecular complexity index is 1150. The molecule has 3 amide bonds. The van der Waals surface area contributed by atoms with Gasteiger partial charge < -0.3 is 30.1 Å². The van der Waals surface area contributed by atoms with Crippen molar-refractivity contribution in [3.05, 3.63) is 65.7 Å². The van der Waals surface area contributed by atoms with E-state index in [0.717, 1.165) is 11.1 Å². The highest BCUT2D eigenvalue weighted by molar-refractivity contribution is 8.00. The van der Waals surface area contributed by atoms with E-state index in [1.165, 1.54) is 16.7 Å². The monoisotopic (exact) mass is 557 g/mol. The maximum absolute atomic E-state index is 13.7. The first-order valence-corrected chi connectivity index (χ1v) is 13.9. The Kier molecular flexibility index (Phi) is 9.90. The zero-order chi connectivity index (χ0) is 28.8. The third kappa shape index (κ3) is 8.37. The topological polar surface area (TPSA) is 117 Å². The first kappa shape index (κ1) is 30.3. The molecule has 0 unspecified atom stereocenters. The number of hydrogen-bond donors (Lipinski definition) is 3. The molecule has 2 aromatic carbocycles. The predicted octanol–water partition coefficient (Wildman–Crippen LogP) is 3.49. The molecule has 39 heavy (non-hydrogen) atoms. The molecule has 1 aliphatic rings. The highest BCUT2D eigenvalue weighted by Crippen LogP contribution is 2.40. The fourth-order valence-corrected chi connectivity index (χ4v) is 5.53. The van der Waals surface area contributed by atoms with Crippen molar-refractivity contribution in [3.8, 4) is 5.75 Å². The minimum atomic E-state index is -1.60. The minimum Gasteiger partial charge on any atom is -0.497 e. The van der Waals surface area contributed by atoms with E-state index >= 15 is 0 Å². The van der Waals surface area contributed by atoms with Crippen LogP contribution in [0, 0.1) is 0 Å². The molecular formula is C29H39N3O6S. The average molecular weight is 558 g/mol. The van der Waals surface area contributed by atoms with Gasteiger partial charge in [-0.15, -0.1) is 11.8 Å². The van der Waals surface area contributed by atoms with Gasteiger partial charge in [0.1, 0.15) is 17.4 Å². The van der Waals surface area contributed by atoms with Gasteiger partial charge in [-0.3, -0.25) is 9.59 Å². The average Bonchev–Trinajstić information content (AvgIpc) is 3.20. The van der Waals surface area contributed by atoms with Gasteiger partial charge in [-0.25, -0.2) is 4.79 Å². The lowest BCUT2D eigenvalue weighted by molar-refractivity contribution is -0.147. The van der Waals surface area contributed by atoms with E-state index < -0.39 is 40.5 Å². The van der Waals surface area contributed by atoms with Crippen molar-refractivity contribution in [2.45, 2.75) is 76.1 Å². The number of aliphatic hydroxyl groups is 1. The Hall–Kier alpha value is -3.24. The molecule has 3 rings (SSSR count). The molecule has 0 bridgehead atoms. The summed E-state index contributed by atoms with van der Waals surface area (Å²) < 4.78 is 10.0. The number of amides is 3. The third-order valence-electron chi connectivity index (χ3n) is 6.31. The summed E-state index contributed by atoms with van der Waals surface area (Å²) in [6.45, 7) is 9.26. The highest BCUT2D eigenvalue weighted by Gasteiger charge is 2.49. The summed E-state index contributed by atoms with van der Waals surface area (Å²) in [5.74, 6) is -0.0509. The van der Waals surface area contributed by atoms with Crippen molar-refractivity contribution >= 4 is 29.7 Å². The number of thioether (sulfide) groups is 1. The standard InChI is InChI=1S/C29H39N3O6S/c1-28(2,3)38-27(36)31-22(16-19-11-8-7-9-12-19)23(33)26(35)32-18-39-29(4,5)24(32)25(34)30-17-20-13-10-14-21(15-20)37-6/h7-15,22-24,33H,16-18H2,1-6H3,(H,30,34)(H,31,36)/t22-,23-,24+/m0/s1. The Morgan fingerprint density at radius 3 is 2.41 bits per heavy atom. The first-order chi connectivity index (χ1) is 18.3. The molecule has 212 valence electrons. The number of hydrogen-bond acceptors (Lipinski definition) is 7. The largest absolute Gasteiger partial charge is 0.497 e. The van der Waals surface area contributed by atoms with Gasteiger partial charge in [0, 0.05) is 11.3 Å². The Morgan fingerprint density at radius 2 is 1.77 bits per heavy atom. The lowest BCUT2D eigenvalue weighted by Gasteiger charge is -2.33. The SMILES string of the molecule is COc1cccc(CNC(=O)[C@H]2N(C(=O)[C@@H](O)[C@H](Cc3ccccc3)NC(=O)OC(C)(C)C)CSC2(C)C)c1. The van der Waals surface area contributed by atoms with Crippen molar-refractivity contribution in [2.24, 2.45) is 0 Å². The lowest BCUT2D eigenvalue weighted by atomic mass is 9.97. The summed E-state index contributed by atoms with van der Waals surface area (Å²) in [5.41, 5.74) is 0.931. The van der Waals surface area contributed by atoms with Crippen LogP contribution in [0.4, 0.5) is 4.79 Å². The fraction of sp³-hybridized carbons (Fsp3) is 0.483. The summed E-state index contributed by atoms with van der Waals surface area (Å²) in [6.07, 6.45) is -2.13. The highest BCUT2D eigenvalue weighted by atomic mass is 32.2. The quantitative estimate of drug-likeness (QED) is 0.432. The van der Waals surface area contributed by atoms with Gasteiger partial charge in [-0.1, -0.05) is 42.5 Å². The number of nitrogens with one attached hydrogen (secondary N) is 2. The summed E-state index contributed by atoms with van der Waals surface area (Å²) in [5, 5.41) is 16.9. The van der Waals surface area contributed by atoms with Crippen LogP contribution in [0.1, 0.15) is 45.7 Å². The maximum atomic E-state index is 13.7. The maximum Gasteiger partial charge on any atom is 0.407 e. The van der Waals surface area contributed by atoms with Gasteiger partial charge in [0.05, 0.1) is 19.0 Å². The number of nitrogens with zero attached hydrogens (tertiary/aromatic N) is 1. The van der Waals surface area contributed by atoms with Gasteiger partial charge in [0.2, 0.25) is 5.91 Å². The number of methoxy groups -OCH3 is 1. The number of alkyl carbamates (subject to hydrolysis) is 1. The lowest BCUT2D eigenvalue weighted by Crippen LogP contribution is -2.58. The number of ether oxygens (including phenoxy) is 2. The van der Waals surface area contributed by atoms with Crippen LogP contribution in [-0.4, -0.2) is 69.4 Å². The summed E-state index contributed by atoms with van der Waals surface area (Å²) in [7, 11) is 1.58. The number of aliphatic hydroxyl groups excluding tert-OH is 1. The van der Waals surface area contributed by atoms with Crippen molar-refractivity contribution in [3.63, 3.8) is 0 Å². The van der Waals surface area contributed by atoms with Gasteiger partial charge in [-0.2, -0.15) is 0 Å². The molecule has 3 N–H and O–H groups in total. The van der Waals surface area contributed by atoms with Crippen LogP contribution in [0.3, 0.4) is 0 Å². The molecule has 1 aliphatic heterocycles. The summed E-state index contributed by atoms with van der Waals surface area (Å²) >= 11 is 1.46. The van der Waals surface area contributed by atoms with Gasteiger partial charge in [-0.05, 0) is 64.3 Å². The van der Waals surface area contributed by atoms with Gasteiger partial charge in [0.25, 0.3) is 5.91 Å². The van der Waals surface area contributed by atoms with E-state index in [0.29, 0.717) is 5.75 Å². The fourth-order valence-electron chi connectivity index (χ4n) is 4.39.